The molecule has 1 heterocycles. The zero-order chi connectivity index (χ0) is 16.2. The number of carbonyl (C=O) groups is 2. The number of amides is 2. The maximum Gasteiger partial charge on any atom is 0.261 e. The van der Waals surface area contributed by atoms with Gasteiger partial charge in [-0.2, -0.15) is 0 Å². The molecule has 0 saturated heterocycles. The number of carbonyl (C=O) groups excluding carboxylic acids is 2. The Morgan fingerprint density at radius 3 is 2.65 bits per heavy atom. The smallest absolute Gasteiger partial charge is 0.261 e. The summed E-state index contributed by atoms with van der Waals surface area (Å²) >= 11 is 0. The van der Waals surface area contributed by atoms with Gasteiger partial charge in [-0.25, -0.2) is 0 Å². The number of hydrogen-bond donors (Lipinski definition) is 0. The molecule has 0 bridgehead atoms. The minimum absolute atomic E-state index is 0.0844. The van der Waals surface area contributed by atoms with Gasteiger partial charge in [0.1, 0.15) is 0 Å². The Balaban J connectivity index is 1.83. The van der Waals surface area contributed by atoms with Crippen LogP contribution in [0.25, 0.3) is 10.8 Å². The maximum absolute atomic E-state index is 12.9. The first-order valence-electron chi connectivity index (χ1n) is 7.82. The highest BCUT2D eigenvalue weighted by Crippen LogP contribution is 2.29. The van der Waals surface area contributed by atoms with Gasteiger partial charge >= 0.3 is 0 Å². The zero-order valence-corrected chi connectivity index (χ0v) is 14.7. The summed E-state index contributed by atoms with van der Waals surface area (Å²) in [6, 6.07) is 11.8. The lowest BCUT2D eigenvalue weighted by Gasteiger charge is -2.27. The van der Waals surface area contributed by atoms with Crippen molar-refractivity contribution in [1.82, 2.24) is 4.90 Å². The molecule has 0 N–H and O–H groups in total. The van der Waals surface area contributed by atoms with Crippen LogP contribution in [0.4, 0.5) is 0 Å². The van der Waals surface area contributed by atoms with E-state index >= 15 is 0 Å². The van der Waals surface area contributed by atoms with Gasteiger partial charge in [-0.15, -0.1) is 0 Å². The van der Waals surface area contributed by atoms with Crippen LogP contribution >= 0.6 is 21.6 Å². The van der Waals surface area contributed by atoms with E-state index in [1.165, 1.54) is 4.90 Å². The molecule has 2 aromatic carbocycles. The molecule has 3 nitrogen and oxygen atoms in total. The van der Waals surface area contributed by atoms with E-state index < -0.39 is 0 Å². The number of rotatable bonds is 6. The van der Waals surface area contributed by atoms with Gasteiger partial charge in [0.15, 0.2) is 0 Å². The zero-order valence-electron chi connectivity index (χ0n) is 13.1. The first-order chi connectivity index (χ1) is 11.2. The average Bonchev–Trinajstić information content (AvgIpc) is 2.56. The van der Waals surface area contributed by atoms with Gasteiger partial charge in [-0.1, -0.05) is 64.9 Å². The molecule has 0 saturated carbocycles. The van der Waals surface area contributed by atoms with Gasteiger partial charge in [0.05, 0.1) is 12.0 Å². The Kier molecular flexibility index (Phi) is 5.28. The first kappa shape index (κ1) is 16.4. The van der Waals surface area contributed by atoms with E-state index in [0.29, 0.717) is 18.5 Å². The number of nitrogens with zero attached hydrogens (tertiary/aromatic N) is 1. The lowest BCUT2D eigenvalue weighted by molar-refractivity contribution is -0.128. The van der Waals surface area contributed by atoms with Crippen LogP contribution in [0.3, 0.4) is 0 Å². The third-order valence-corrected chi connectivity index (χ3v) is 6.48. The molecule has 120 valence electrons. The van der Waals surface area contributed by atoms with Gasteiger partial charge in [0.2, 0.25) is 5.91 Å². The van der Waals surface area contributed by atoms with Gasteiger partial charge in [-0.3, -0.25) is 14.5 Å². The highest BCUT2D eigenvalue weighted by molar-refractivity contribution is 8.76. The van der Waals surface area contributed by atoms with Crippen LogP contribution in [0.1, 0.15) is 29.3 Å². The fourth-order valence-electron chi connectivity index (χ4n) is 2.78. The van der Waals surface area contributed by atoms with Crippen LogP contribution in [-0.4, -0.2) is 34.8 Å². The second-order valence-electron chi connectivity index (χ2n) is 5.49. The summed E-state index contributed by atoms with van der Waals surface area (Å²) in [5.41, 5.74) is 1.55. The highest BCUT2D eigenvalue weighted by atomic mass is 33.1. The predicted molar refractivity (Wildman–Crippen MR) is 98.9 cm³/mol. The molecule has 2 amide bonds. The van der Waals surface area contributed by atoms with Crippen molar-refractivity contribution in [3.63, 3.8) is 0 Å². The van der Waals surface area contributed by atoms with E-state index in [0.717, 1.165) is 34.3 Å². The van der Waals surface area contributed by atoms with Crippen molar-refractivity contribution in [3.8, 4) is 0 Å². The molecule has 1 aliphatic rings. The first-order valence-corrected chi connectivity index (χ1v) is 10.3. The van der Waals surface area contributed by atoms with Crippen molar-refractivity contribution in [2.75, 3.05) is 18.1 Å². The molecule has 2 aromatic rings. The minimum atomic E-state index is -0.144. The normalized spacial score (nSPS) is 14.4. The van der Waals surface area contributed by atoms with Crippen molar-refractivity contribution >= 4 is 44.2 Å². The van der Waals surface area contributed by atoms with Crippen molar-refractivity contribution in [3.05, 3.63) is 47.5 Å². The van der Waals surface area contributed by atoms with Gasteiger partial charge < -0.3 is 0 Å². The lowest BCUT2D eigenvalue weighted by atomic mass is 9.93. The van der Waals surface area contributed by atoms with E-state index in [1.54, 1.807) is 21.6 Å². The van der Waals surface area contributed by atoms with E-state index in [-0.39, 0.29) is 11.8 Å². The third kappa shape index (κ3) is 3.40. The van der Waals surface area contributed by atoms with E-state index in [2.05, 4.69) is 6.92 Å². The van der Waals surface area contributed by atoms with Crippen LogP contribution in [-0.2, 0) is 11.2 Å². The van der Waals surface area contributed by atoms with Gasteiger partial charge in [0.25, 0.3) is 5.91 Å². The summed E-state index contributed by atoms with van der Waals surface area (Å²) in [5.74, 6) is 1.65. The molecule has 0 unspecified atom stereocenters. The Labute approximate surface area is 144 Å². The second-order valence-corrected chi connectivity index (χ2v) is 8.19. The summed E-state index contributed by atoms with van der Waals surface area (Å²) < 4.78 is 0. The van der Waals surface area contributed by atoms with E-state index in [9.17, 15) is 9.59 Å². The molecule has 0 aliphatic carbocycles. The van der Waals surface area contributed by atoms with Crippen LogP contribution < -0.4 is 0 Å². The summed E-state index contributed by atoms with van der Waals surface area (Å²) in [4.78, 5) is 26.6. The molecule has 5 heteroatoms. The SMILES string of the molecule is CCCSSCCN1C(=O)Cc2ccc3ccccc3c2C1=O. The Morgan fingerprint density at radius 2 is 1.83 bits per heavy atom. The molecule has 3 rings (SSSR count). The molecule has 0 spiro atoms. The molecule has 1 aliphatic heterocycles. The van der Waals surface area contributed by atoms with E-state index in [1.807, 2.05) is 36.4 Å². The Hall–Kier alpha value is -1.46. The number of benzene rings is 2. The predicted octanol–water partition coefficient (Wildman–Crippen LogP) is 4.16. The van der Waals surface area contributed by atoms with Crippen LogP contribution in [0, 0.1) is 0 Å². The molecule has 0 atom stereocenters. The monoisotopic (exact) mass is 345 g/mol. The molecular weight excluding hydrogens is 326 g/mol. The largest absolute Gasteiger partial charge is 0.277 e. The molecule has 0 aromatic heterocycles. The highest BCUT2D eigenvalue weighted by Gasteiger charge is 2.31. The van der Waals surface area contributed by atoms with E-state index in [4.69, 9.17) is 0 Å². The van der Waals surface area contributed by atoms with Crippen molar-refractivity contribution in [1.29, 1.82) is 0 Å². The molecule has 23 heavy (non-hydrogen) atoms. The van der Waals surface area contributed by atoms with Gasteiger partial charge in [0, 0.05) is 18.1 Å². The van der Waals surface area contributed by atoms with Gasteiger partial charge in [-0.05, 0) is 22.8 Å². The Morgan fingerprint density at radius 1 is 1.04 bits per heavy atom. The summed E-state index contributed by atoms with van der Waals surface area (Å²) in [6.45, 7) is 2.63. The maximum atomic E-state index is 12.9. The van der Waals surface area contributed by atoms with Crippen molar-refractivity contribution in [2.24, 2.45) is 0 Å². The van der Waals surface area contributed by atoms with Crippen LogP contribution in [0.5, 0.6) is 0 Å². The summed E-state index contributed by atoms with van der Waals surface area (Å²) in [7, 11) is 3.53. The fraction of sp³-hybridized carbons (Fsp3) is 0.333. The fourth-order valence-corrected chi connectivity index (χ4v) is 4.87. The van der Waals surface area contributed by atoms with Crippen molar-refractivity contribution < 1.29 is 9.59 Å². The average molecular weight is 345 g/mol. The molecular formula is C18H19NO2S2. The standard InChI is InChI=1S/C18H19NO2S2/c1-2-10-22-23-11-9-19-16(20)12-14-8-7-13-5-3-4-6-15(13)17(14)18(19)21/h3-8H,2,9-12H2,1H3. The minimum Gasteiger partial charge on any atom is -0.277 e. The molecule has 0 radical (unpaired) electrons. The second kappa shape index (κ2) is 7.41. The number of fused-ring (bicyclic) bond motifs is 3. The lowest BCUT2D eigenvalue weighted by Crippen LogP contribution is -2.43. The van der Waals surface area contributed by atoms with Crippen LogP contribution in [0.15, 0.2) is 36.4 Å². The summed E-state index contributed by atoms with van der Waals surface area (Å²) in [6.07, 6.45) is 1.46. The number of hydrogen-bond acceptors (Lipinski definition) is 4. The van der Waals surface area contributed by atoms with Crippen molar-refractivity contribution in [2.45, 2.75) is 19.8 Å². The quantitative estimate of drug-likeness (QED) is 0.448. The molecule has 0 fully saturated rings. The van der Waals surface area contributed by atoms with Crippen LogP contribution in [0.2, 0.25) is 0 Å². The summed E-state index contributed by atoms with van der Waals surface area (Å²) in [5, 5.41) is 1.99. The third-order valence-electron chi connectivity index (χ3n) is 3.89. The Bertz CT molecular complexity index is 745. The number of imide groups is 1. The topological polar surface area (TPSA) is 37.4 Å².